The highest BCUT2D eigenvalue weighted by atomic mass is 16.5. The standard InChI is InChI=1S/C20H21NO4/c1-14-6-5-7-16(12-14)24-11-4-3-10-21-18-9-8-15(2)13-17(18)19(22)25-20(21)23/h5-9,12-13H,3-4,10-11H2,1-2H3. The number of aryl methyl sites for hydroxylation is 3. The maximum atomic E-state index is 12.0. The first-order valence-electron chi connectivity index (χ1n) is 8.38. The monoisotopic (exact) mass is 339 g/mol. The summed E-state index contributed by atoms with van der Waals surface area (Å²) in [5, 5.41) is 0.440. The molecule has 130 valence electrons. The average Bonchev–Trinajstić information content (AvgIpc) is 2.57. The van der Waals surface area contributed by atoms with E-state index in [0.29, 0.717) is 24.1 Å². The lowest BCUT2D eigenvalue weighted by Crippen LogP contribution is -2.25. The Labute approximate surface area is 145 Å². The lowest BCUT2D eigenvalue weighted by Gasteiger charge is -2.10. The molecule has 25 heavy (non-hydrogen) atoms. The minimum Gasteiger partial charge on any atom is -0.494 e. The number of nitrogens with zero attached hydrogens (tertiary/aromatic N) is 1. The van der Waals surface area contributed by atoms with Crippen molar-refractivity contribution in [3.63, 3.8) is 0 Å². The molecule has 0 aliphatic rings. The van der Waals surface area contributed by atoms with E-state index < -0.39 is 11.4 Å². The quantitative estimate of drug-likeness (QED) is 0.646. The normalized spacial score (nSPS) is 11.0. The second kappa shape index (κ2) is 7.38. The number of hydrogen-bond donors (Lipinski definition) is 0. The van der Waals surface area contributed by atoms with Crippen molar-refractivity contribution >= 4 is 10.9 Å². The fraction of sp³-hybridized carbons (Fsp3) is 0.300. The minimum atomic E-state index is -0.610. The van der Waals surface area contributed by atoms with E-state index >= 15 is 0 Å². The second-order valence-electron chi connectivity index (χ2n) is 6.20. The molecule has 0 bridgehead atoms. The molecule has 5 heteroatoms. The number of ether oxygens (including phenoxy) is 1. The predicted octanol–water partition coefficient (Wildman–Crippen LogP) is 3.43. The molecule has 0 saturated carbocycles. The predicted molar refractivity (Wildman–Crippen MR) is 97.4 cm³/mol. The Hall–Kier alpha value is -2.82. The van der Waals surface area contributed by atoms with Crippen molar-refractivity contribution in [2.24, 2.45) is 0 Å². The lowest BCUT2D eigenvalue weighted by molar-refractivity contribution is 0.300. The molecule has 3 rings (SSSR count). The molecule has 1 heterocycles. The second-order valence-corrected chi connectivity index (χ2v) is 6.20. The molecule has 0 saturated heterocycles. The molecule has 0 spiro atoms. The van der Waals surface area contributed by atoms with Gasteiger partial charge in [-0.05, 0) is 56.5 Å². The van der Waals surface area contributed by atoms with E-state index in [1.807, 2.05) is 44.2 Å². The molecule has 0 aliphatic carbocycles. The average molecular weight is 339 g/mol. The van der Waals surface area contributed by atoms with Gasteiger partial charge < -0.3 is 9.15 Å². The van der Waals surface area contributed by atoms with Crippen LogP contribution in [0.25, 0.3) is 10.9 Å². The first-order chi connectivity index (χ1) is 12.0. The van der Waals surface area contributed by atoms with Crippen LogP contribution in [-0.2, 0) is 6.54 Å². The van der Waals surface area contributed by atoms with Crippen molar-refractivity contribution in [2.75, 3.05) is 6.61 Å². The first-order valence-corrected chi connectivity index (χ1v) is 8.38. The molecule has 3 aromatic rings. The summed E-state index contributed by atoms with van der Waals surface area (Å²) in [5.41, 5.74) is 2.15. The zero-order valence-corrected chi connectivity index (χ0v) is 14.5. The molecule has 0 amide bonds. The number of benzene rings is 2. The summed E-state index contributed by atoms with van der Waals surface area (Å²) in [6.45, 7) is 4.98. The van der Waals surface area contributed by atoms with Crippen molar-refractivity contribution < 1.29 is 9.15 Å². The SMILES string of the molecule is Cc1cccc(OCCCCn2c(=O)oc(=O)c3cc(C)ccc32)c1. The molecule has 0 radical (unpaired) electrons. The van der Waals surface area contributed by atoms with Crippen LogP contribution in [0.2, 0.25) is 0 Å². The Balaban J connectivity index is 1.65. The van der Waals surface area contributed by atoms with Crippen LogP contribution in [0.5, 0.6) is 5.75 Å². The lowest BCUT2D eigenvalue weighted by atomic mass is 10.1. The van der Waals surface area contributed by atoms with Crippen LogP contribution < -0.4 is 16.1 Å². The van der Waals surface area contributed by atoms with E-state index in [9.17, 15) is 9.59 Å². The van der Waals surface area contributed by atoms with Gasteiger partial charge in [-0.2, -0.15) is 0 Å². The van der Waals surface area contributed by atoms with Gasteiger partial charge in [-0.3, -0.25) is 4.57 Å². The third-order valence-electron chi connectivity index (χ3n) is 4.10. The molecule has 0 aliphatic heterocycles. The van der Waals surface area contributed by atoms with E-state index in [1.165, 1.54) is 4.57 Å². The van der Waals surface area contributed by atoms with E-state index in [-0.39, 0.29) is 0 Å². The van der Waals surface area contributed by atoms with E-state index in [4.69, 9.17) is 9.15 Å². The number of aromatic nitrogens is 1. The largest absolute Gasteiger partial charge is 0.494 e. The van der Waals surface area contributed by atoms with Crippen LogP contribution in [0.15, 0.2) is 56.5 Å². The summed E-state index contributed by atoms with van der Waals surface area (Å²) in [5.74, 6) is 0.241. The molecular weight excluding hydrogens is 318 g/mol. The summed E-state index contributed by atoms with van der Waals surface area (Å²) in [6.07, 6.45) is 1.55. The first kappa shape index (κ1) is 17.0. The van der Waals surface area contributed by atoms with Gasteiger partial charge in [0, 0.05) is 6.54 Å². The highest BCUT2D eigenvalue weighted by Gasteiger charge is 2.09. The van der Waals surface area contributed by atoms with E-state index in [2.05, 4.69) is 0 Å². The molecule has 2 aromatic carbocycles. The summed E-state index contributed by atoms with van der Waals surface area (Å²) in [7, 11) is 0. The summed E-state index contributed by atoms with van der Waals surface area (Å²) in [4.78, 5) is 23.9. The molecule has 0 atom stereocenters. The summed E-state index contributed by atoms with van der Waals surface area (Å²) < 4.78 is 12.1. The molecule has 0 fully saturated rings. The fourth-order valence-electron chi connectivity index (χ4n) is 2.82. The molecule has 0 N–H and O–H groups in total. The van der Waals surface area contributed by atoms with Gasteiger partial charge in [0.1, 0.15) is 5.75 Å². The van der Waals surface area contributed by atoms with E-state index in [1.54, 1.807) is 12.1 Å². The molecular formula is C20H21NO4. The maximum Gasteiger partial charge on any atom is 0.422 e. The van der Waals surface area contributed by atoms with Gasteiger partial charge in [0.2, 0.25) is 0 Å². The van der Waals surface area contributed by atoms with Crippen molar-refractivity contribution in [1.29, 1.82) is 0 Å². The Bertz CT molecular complexity index is 1000. The number of rotatable bonds is 6. The van der Waals surface area contributed by atoms with Gasteiger partial charge in [0.05, 0.1) is 17.5 Å². The Morgan fingerprint density at radius 3 is 2.60 bits per heavy atom. The van der Waals surface area contributed by atoms with Crippen LogP contribution in [0, 0.1) is 13.8 Å². The highest BCUT2D eigenvalue weighted by molar-refractivity contribution is 5.78. The van der Waals surface area contributed by atoms with Gasteiger partial charge in [-0.1, -0.05) is 23.8 Å². The molecule has 0 unspecified atom stereocenters. The van der Waals surface area contributed by atoms with Gasteiger partial charge in [-0.25, -0.2) is 9.59 Å². The summed E-state index contributed by atoms with van der Waals surface area (Å²) >= 11 is 0. The molecule has 5 nitrogen and oxygen atoms in total. The van der Waals surface area contributed by atoms with Crippen LogP contribution in [-0.4, -0.2) is 11.2 Å². The van der Waals surface area contributed by atoms with Crippen LogP contribution >= 0.6 is 0 Å². The van der Waals surface area contributed by atoms with Gasteiger partial charge in [0.15, 0.2) is 0 Å². The highest BCUT2D eigenvalue weighted by Crippen LogP contribution is 2.14. The van der Waals surface area contributed by atoms with Crippen molar-refractivity contribution in [3.8, 4) is 5.75 Å². The van der Waals surface area contributed by atoms with Crippen molar-refractivity contribution in [2.45, 2.75) is 33.2 Å². The third kappa shape index (κ3) is 3.99. The van der Waals surface area contributed by atoms with Crippen LogP contribution in [0.4, 0.5) is 0 Å². The number of hydrogen-bond acceptors (Lipinski definition) is 4. The van der Waals surface area contributed by atoms with Gasteiger partial charge in [0.25, 0.3) is 0 Å². The topological polar surface area (TPSA) is 61.4 Å². The fourth-order valence-corrected chi connectivity index (χ4v) is 2.82. The number of fused-ring (bicyclic) bond motifs is 1. The van der Waals surface area contributed by atoms with Crippen LogP contribution in [0.1, 0.15) is 24.0 Å². The zero-order valence-electron chi connectivity index (χ0n) is 14.5. The Morgan fingerprint density at radius 1 is 1.00 bits per heavy atom. The Morgan fingerprint density at radius 2 is 1.80 bits per heavy atom. The summed E-state index contributed by atoms with van der Waals surface area (Å²) in [6, 6.07) is 13.3. The van der Waals surface area contributed by atoms with Gasteiger partial charge in [-0.15, -0.1) is 0 Å². The van der Waals surface area contributed by atoms with Gasteiger partial charge >= 0.3 is 11.4 Å². The number of unbranched alkanes of at least 4 members (excludes halogenated alkanes) is 1. The van der Waals surface area contributed by atoms with Crippen molar-refractivity contribution in [3.05, 3.63) is 74.6 Å². The molecule has 1 aromatic heterocycles. The maximum absolute atomic E-state index is 12.0. The van der Waals surface area contributed by atoms with E-state index in [0.717, 1.165) is 29.7 Å². The Kier molecular flexibility index (Phi) is 5.03. The van der Waals surface area contributed by atoms with Crippen molar-refractivity contribution in [1.82, 2.24) is 4.57 Å². The third-order valence-corrected chi connectivity index (χ3v) is 4.10. The van der Waals surface area contributed by atoms with Crippen LogP contribution in [0.3, 0.4) is 0 Å². The zero-order chi connectivity index (χ0) is 17.8. The smallest absolute Gasteiger partial charge is 0.422 e. The minimum absolute atomic E-state index is 0.440.